The van der Waals surface area contributed by atoms with Gasteiger partial charge in [0.05, 0.1) is 11.6 Å². The van der Waals surface area contributed by atoms with Crippen molar-refractivity contribution in [1.82, 2.24) is 4.90 Å². The van der Waals surface area contributed by atoms with Gasteiger partial charge in [-0.3, -0.25) is 9.59 Å². The Balaban J connectivity index is 1.52. The highest BCUT2D eigenvalue weighted by molar-refractivity contribution is 6.15. The van der Waals surface area contributed by atoms with Gasteiger partial charge in [0.2, 0.25) is 5.78 Å². The van der Waals surface area contributed by atoms with Crippen LogP contribution in [0.1, 0.15) is 39.0 Å². The van der Waals surface area contributed by atoms with E-state index in [0.29, 0.717) is 23.7 Å². The summed E-state index contributed by atoms with van der Waals surface area (Å²) in [6, 6.07) is 28.9. The third-order valence-electron chi connectivity index (χ3n) is 6.13. The molecule has 1 aliphatic rings. The lowest BCUT2D eigenvalue weighted by atomic mass is 9.94. The number of Topliss-reactive ketones (excluding diaryl/α,β-unsaturated/α-hetero) is 1. The number of carbonyl (C=O) groups is 2. The molecule has 5 rings (SSSR count). The first-order valence-corrected chi connectivity index (χ1v) is 11.7. The molecule has 0 bridgehead atoms. The molecule has 180 valence electrons. The Labute approximate surface area is 209 Å². The van der Waals surface area contributed by atoms with Crippen LogP contribution in [0.25, 0.3) is 0 Å². The standard InChI is InChI=1S/C30H25NO5/c1-20-15-16-25(36-20)28(32)26-27(31(30(34)29(26)33)18-21-9-4-2-5-10-21)23-13-8-14-24(17-23)35-19-22-11-6-3-7-12-22/h2-17,27,33H,18-19H2,1H3/t27-/m0/s1. The van der Waals surface area contributed by atoms with Gasteiger partial charge in [0.15, 0.2) is 11.5 Å². The number of rotatable bonds is 8. The van der Waals surface area contributed by atoms with E-state index >= 15 is 0 Å². The normalized spacial score (nSPS) is 15.4. The fourth-order valence-electron chi connectivity index (χ4n) is 4.38. The van der Waals surface area contributed by atoms with Crippen LogP contribution < -0.4 is 4.74 Å². The van der Waals surface area contributed by atoms with Crippen LogP contribution in [-0.4, -0.2) is 21.7 Å². The minimum Gasteiger partial charge on any atom is -0.503 e. The Kier molecular flexibility index (Phi) is 6.41. The van der Waals surface area contributed by atoms with Crippen LogP contribution >= 0.6 is 0 Å². The van der Waals surface area contributed by atoms with Crippen LogP contribution in [-0.2, 0) is 17.9 Å². The molecule has 0 radical (unpaired) electrons. The highest BCUT2D eigenvalue weighted by Gasteiger charge is 2.44. The lowest BCUT2D eigenvalue weighted by molar-refractivity contribution is -0.130. The van der Waals surface area contributed by atoms with Gasteiger partial charge in [-0.2, -0.15) is 0 Å². The Morgan fingerprint density at radius 1 is 0.917 bits per heavy atom. The summed E-state index contributed by atoms with van der Waals surface area (Å²) in [5.41, 5.74) is 2.54. The van der Waals surface area contributed by atoms with E-state index in [4.69, 9.17) is 9.15 Å². The Bertz CT molecular complexity index is 1420. The molecule has 3 aromatic carbocycles. The highest BCUT2D eigenvalue weighted by atomic mass is 16.5. The van der Waals surface area contributed by atoms with E-state index in [0.717, 1.165) is 11.1 Å². The monoisotopic (exact) mass is 479 g/mol. The highest BCUT2D eigenvalue weighted by Crippen LogP contribution is 2.41. The Morgan fingerprint density at radius 2 is 1.61 bits per heavy atom. The number of aryl methyl sites for hydroxylation is 1. The summed E-state index contributed by atoms with van der Waals surface area (Å²) in [7, 11) is 0. The number of carbonyl (C=O) groups excluding carboxylic acids is 2. The van der Waals surface area contributed by atoms with Crippen molar-refractivity contribution in [1.29, 1.82) is 0 Å². The van der Waals surface area contributed by atoms with Gasteiger partial charge in [-0.15, -0.1) is 0 Å². The maximum Gasteiger partial charge on any atom is 0.290 e. The molecular formula is C30H25NO5. The molecule has 6 heteroatoms. The van der Waals surface area contributed by atoms with E-state index in [1.807, 2.05) is 78.9 Å². The number of aliphatic hydroxyl groups excluding tert-OH is 1. The van der Waals surface area contributed by atoms with E-state index in [-0.39, 0.29) is 17.9 Å². The van der Waals surface area contributed by atoms with Crippen LogP contribution in [0, 0.1) is 6.92 Å². The van der Waals surface area contributed by atoms with Crippen molar-refractivity contribution in [3.63, 3.8) is 0 Å². The van der Waals surface area contributed by atoms with Crippen molar-refractivity contribution in [2.45, 2.75) is 26.1 Å². The first-order valence-electron chi connectivity index (χ1n) is 11.7. The quantitative estimate of drug-likeness (QED) is 0.316. The van der Waals surface area contributed by atoms with Gasteiger partial charge in [-0.05, 0) is 47.9 Å². The molecular weight excluding hydrogens is 454 g/mol. The molecule has 0 aliphatic carbocycles. The molecule has 1 amide bonds. The maximum absolute atomic E-state index is 13.5. The number of furan rings is 1. The van der Waals surface area contributed by atoms with Crippen LogP contribution in [0.4, 0.5) is 0 Å². The van der Waals surface area contributed by atoms with Crippen molar-refractivity contribution in [2.24, 2.45) is 0 Å². The van der Waals surface area contributed by atoms with Crippen LogP contribution in [0.15, 0.2) is 113 Å². The number of benzene rings is 3. The predicted molar refractivity (Wildman–Crippen MR) is 134 cm³/mol. The molecule has 1 N–H and O–H groups in total. The van der Waals surface area contributed by atoms with Gasteiger partial charge in [-0.25, -0.2) is 0 Å². The molecule has 1 aliphatic heterocycles. The summed E-state index contributed by atoms with van der Waals surface area (Å²) in [6.45, 7) is 2.33. The van der Waals surface area contributed by atoms with Crippen LogP contribution in [0.2, 0.25) is 0 Å². The van der Waals surface area contributed by atoms with Gasteiger partial charge < -0.3 is 19.2 Å². The number of hydrogen-bond donors (Lipinski definition) is 1. The molecule has 36 heavy (non-hydrogen) atoms. The van der Waals surface area contributed by atoms with Crippen molar-refractivity contribution in [2.75, 3.05) is 0 Å². The zero-order chi connectivity index (χ0) is 25.1. The number of nitrogens with zero attached hydrogens (tertiary/aromatic N) is 1. The fourth-order valence-corrected chi connectivity index (χ4v) is 4.38. The maximum atomic E-state index is 13.5. The molecule has 2 heterocycles. The topological polar surface area (TPSA) is 80.0 Å². The number of ether oxygens (including phenoxy) is 1. The lowest BCUT2D eigenvalue weighted by Gasteiger charge is -2.27. The third-order valence-corrected chi connectivity index (χ3v) is 6.13. The number of ketones is 1. The third kappa shape index (κ3) is 4.66. The number of amides is 1. The largest absolute Gasteiger partial charge is 0.503 e. The second-order valence-corrected chi connectivity index (χ2v) is 8.67. The van der Waals surface area contributed by atoms with E-state index < -0.39 is 23.5 Å². The van der Waals surface area contributed by atoms with Crippen molar-refractivity contribution in [3.05, 3.63) is 137 Å². The summed E-state index contributed by atoms with van der Waals surface area (Å²) in [6.07, 6.45) is 0. The Hall–Kier alpha value is -4.58. The lowest BCUT2D eigenvalue weighted by Crippen LogP contribution is -2.30. The molecule has 1 atom stereocenters. The van der Waals surface area contributed by atoms with E-state index in [1.54, 1.807) is 25.1 Å². The van der Waals surface area contributed by atoms with Crippen LogP contribution in [0.5, 0.6) is 5.75 Å². The van der Waals surface area contributed by atoms with Crippen molar-refractivity contribution >= 4 is 11.7 Å². The predicted octanol–water partition coefficient (Wildman–Crippen LogP) is 5.95. The molecule has 0 fully saturated rings. The van der Waals surface area contributed by atoms with E-state index in [9.17, 15) is 14.7 Å². The molecule has 0 saturated heterocycles. The molecule has 6 nitrogen and oxygen atoms in total. The summed E-state index contributed by atoms with van der Waals surface area (Å²) < 4.78 is 11.5. The average Bonchev–Trinajstić information content (AvgIpc) is 3.45. The zero-order valence-electron chi connectivity index (χ0n) is 19.8. The molecule has 0 unspecified atom stereocenters. The van der Waals surface area contributed by atoms with Crippen LogP contribution in [0.3, 0.4) is 0 Å². The fraction of sp³-hybridized carbons (Fsp3) is 0.133. The Morgan fingerprint density at radius 3 is 2.28 bits per heavy atom. The van der Waals surface area contributed by atoms with E-state index in [2.05, 4.69) is 0 Å². The zero-order valence-corrected chi connectivity index (χ0v) is 19.8. The molecule has 0 spiro atoms. The average molecular weight is 480 g/mol. The van der Waals surface area contributed by atoms with Gasteiger partial charge >= 0.3 is 0 Å². The van der Waals surface area contributed by atoms with Gasteiger partial charge in [-0.1, -0.05) is 72.8 Å². The first kappa shape index (κ1) is 23.2. The van der Waals surface area contributed by atoms with Crippen molar-refractivity contribution < 1.29 is 23.8 Å². The van der Waals surface area contributed by atoms with Crippen molar-refractivity contribution in [3.8, 4) is 5.75 Å². The number of aliphatic hydroxyl groups is 1. The summed E-state index contributed by atoms with van der Waals surface area (Å²) in [5, 5.41) is 10.9. The number of hydrogen-bond acceptors (Lipinski definition) is 5. The van der Waals surface area contributed by atoms with Gasteiger partial charge in [0, 0.05) is 6.54 Å². The smallest absolute Gasteiger partial charge is 0.290 e. The van der Waals surface area contributed by atoms with E-state index in [1.165, 1.54) is 4.90 Å². The molecule has 4 aromatic rings. The SMILES string of the molecule is Cc1ccc(C(=O)C2=C(O)C(=O)N(Cc3ccccc3)[C@H]2c2cccc(OCc3ccccc3)c2)o1. The second kappa shape index (κ2) is 9.96. The minimum atomic E-state index is -0.809. The van der Waals surface area contributed by atoms with Gasteiger partial charge in [0.25, 0.3) is 5.91 Å². The minimum absolute atomic E-state index is 0.00881. The first-order chi connectivity index (χ1) is 17.5. The summed E-state index contributed by atoms with van der Waals surface area (Å²) in [4.78, 5) is 28.2. The molecule has 0 saturated carbocycles. The molecule has 1 aromatic heterocycles. The summed E-state index contributed by atoms with van der Waals surface area (Å²) in [5.74, 6) is -0.459. The summed E-state index contributed by atoms with van der Waals surface area (Å²) >= 11 is 0. The van der Waals surface area contributed by atoms with Gasteiger partial charge in [0.1, 0.15) is 18.1 Å². The second-order valence-electron chi connectivity index (χ2n) is 8.67.